The summed E-state index contributed by atoms with van der Waals surface area (Å²) in [5.41, 5.74) is -0.763. The Kier molecular flexibility index (Phi) is 5.65. The number of rotatable bonds is 6. The van der Waals surface area contributed by atoms with E-state index in [0.717, 1.165) is 30.6 Å². The molecule has 1 aliphatic carbocycles. The van der Waals surface area contributed by atoms with Crippen molar-refractivity contribution in [2.24, 2.45) is 11.8 Å². The van der Waals surface area contributed by atoms with Crippen LogP contribution in [0.15, 0.2) is 0 Å². The van der Waals surface area contributed by atoms with E-state index in [0.29, 0.717) is 31.2 Å². The van der Waals surface area contributed by atoms with Crippen LogP contribution in [-0.2, 0) is 9.59 Å². The van der Waals surface area contributed by atoms with Gasteiger partial charge in [-0.05, 0) is 43.9 Å². The van der Waals surface area contributed by atoms with E-state index in [2.05, 4.69) is 31.4 Å². The molecule has 2 fully saturated rings. The van der Waals surface area contributed by atoms with Crippen LogP contribution in [0.25, 0.3) is 0 Å². The number of carbonyl (C=O) groups excluding carboxylic acids is 3. The van der Waals surface area contributed by atoms with Crippen LogP contribution in [0.1, 0.15) is 59.3 Å². The molecule has 1 heterocycles. The largest absolute Gasteiger partial charge is 0.355 e. The highest BCUT2D eigenvalue weighted by Crippen LogP contribution is 2.37. The molecule has 0 aromatic carbocycles. The molecule has 0 bridgehead atoms. The number of amides is 4. The molecule has 6 nitrogen and oxygen atoms in total. The van der Waals surface area contributed by atoms with Gasteiger partial charge < -0.3 is 10.6 Å². The Morgan fingerprint density at radius 3 is 2.57 bits per heavy atom. The minimum atomic E-state index is -0.763. The van der Waals surface area contributed by atoms with Gasteiger partial charge in [-0.3, -0.25) is 14.5 Å². The maximum Gasteiger partial charge on any atom is 0.325 e. The summed E-state index contributed by atoms with van der Waals surface area (Å²) in [6.07, 6.45) is 5.27. The van der Waals surface area contributed by atoms with Crippen molar-refractivity contribution in [3.63, 3.8) is 0 Å². The fourth-order valence-electron chi connectivity index (χ4n) is 3.44. The monoisotopic (exact) mass is 323 g/mol. The average Bonchev–Trinajstić information content (AvgIpc) is 2.72. The number of nitrogens with one attached hydrogen (secondary N) is 2. The minimum absolute atomic E-state index is 0.179. The fourth-order valence-corrected chi connectivity index (χ4v) is 3.44. The van der Waals surface area contributed by atoms with E-state index < -0.39 is 11.6 Å². The highest BCUT2D eigenvalue weighted by molar-refractivity contribution is 6.09. The predicted molar refractivity (Wildman–Crippen MR) is 87.7 cm³/mol. The molecular weight excluding hydrogens is 294 g/mol. The van der Waals surface area contributed by atoms with Crippen LogP contribution in [0.5, 0.6) is 0 Å². The van der Waals surface area contributed by atoms with Gasteiger partial charge in [0.2, 0.25) is 5.91 Å². The molecule has 0 unspecified atom stereocenters. The lowest BCUT2D eigenvalue weighted by Crippen LogP contribution is -2.50. The number of hydrogen-bond donors (Lipinski definition) is 2. The van der Waals surface area contributed by atoms with Gasteiger partial charge in [0.05, 0.1) is 0 Å². The Morgan fingerprint density at radius 1 is 1.35 bits per heavy atom. The van der Waals surface area contributed by atoms with Gasteiger partial charge in [-0.25, -0.2) is 4.79 Å². The maximum atomic E-state index is 12.7. The van der Waals surface area contributed by atoms with Gasteiger partial charge in [0.1, 0.15) is 12.1 Å². The smallest absolute Gasteiger partial charge is 0.325 e. The number of carbonyl (C=O) groups is 3. The Labute approximate surface area is 138 Å². The van der Waals surface area contributed by atoms with Crippen LogP contribution in [0.4, 0.5) is 4.79 Å². The molecule has 2 rings (SSSR count). The lowest BCUT2D eigenvalue weighted by Gasteiger charge is -2.34. The van der Waals surface area contributed by atoms with Crippen LogP contribution in [0.2, 0.25) is 0 Å². The molecule has 2 N–H and O–H groups in total. The molecule has 4 amide bonds. The SMILES string of the molecule is CCC1CCC2(CC1)NC(=O)N(CC(=O)NCCC(C)C)C2=O. The van der Waals surface area contributed by atoms with Gasteiger partial charge in [-0.1, -0.05) is 27.2 Å². The summed E-state index contributed by atoms with van der Waals surface area (Å²) in [7, 11) is 0. The van der Waals surface area contributed by atoms with Gasteiger partial charge >= 0.3 is 6.03 Å². The Hall–Kier alpha value is -1.59. The molecule has 0 radical (unpaired) electrons. The molecule has 23 heavy (non-hydrogen) atoms. The van der Waals surface area contributed by atoms with Crippen LogP contribution in [-0.4, -0.2) is 41.4 Å². The van der Waals surface area contributed by atoms with Crippen LogP contribution < -0.4 is 10.6 Å². The third kappa shape index (κ3) is 4.03. The van der Waals surface area contributed by atoms with Crippen molar-refractivity contribution in [2.45, 2.75) is 64.8 Å². The van der Waals surface area contributed by atoms with Crippen LogP contribution in [0, 0.1) is 11.8 Å². The second kappa shape index (κ2) is 7.32. The summed E-state index contributed by atoms with van der Waals surface area (Å²) in [5.74, 6) is 0.646. The first kappa shape index (κ1) is 17.8. The highest BCUT2D eigenvalue weighted by Gasteiger charge is 2.52. The molecule has 1 spiro atoms. The molecule has 0 aromatic rings. The topological polar surface area (TPSA) is 78.5 Å². The van der Waals surface area contributed by atoms with E-state index in [1.54, 1.807) is 0 Å². The van der Waals surface area contributed by atoms with Gasteiger partial charge in [0.25, 0.3) is 5.91 Å². The van der Waals surface area contributed by atoms with E-state index in [9.17, 15) is 14.4 Å². The van der Waals surface area contributed by atoms with Crippen molar-refractivity contribution < 1.29 is 14.4 Å². The molecular formula is C17H29N3O3. The molecule has 130 valence electrons. The summed E-state index contributed by atoms with van der Waals surface area (Å²) in [5, 5.41) is 5.63. The van der Waals surface area contributed by atoms with Gasteiger partial charge in [0.15, 0.2) is 0 Å². The minimum Gasteiger partial charge on any atom is -0.355 e. The van der Waals surface area contributed by atoms with E-state index in [1.165, 1.54) is 0 Å². The van der Waals surface area contributed by atoms with Gasteiger partial charge in [-0.15, -0.1) is 0 Å². The van der Waals surface area contributed by atoms with Gasteiger partial charge in [-0.2, -0.15) is 0 Å². The molecule has 1 aliphatic heterocycles. The quantitative estimate of drug-likeness (QED) is 0.734. The summed E-state index contributed by atoms with van der Waals surface area (Å²) >= 11 is 0. The van der Waals surface area contributed by atoms with Crippen molar-refractivity contribution in [1.82, 2.24) is 15.5 Å². The zero-order valence-electron chi connectivity index (χ0n) is 14.5. The Morgan fingerprint density at radius 2 is 2.00 bits per heavy atom. The first-order valence-electron chi connectivity index (χ1n) is 8.78. The van der Waals surface area contributed by atoms with Crippen LogP contribution >= 0.6 is 0 Å². The second-order valence-corrected chi connectivity index (χ2v) is 7.29. The van der Waals surface area contributed by atoms with Crippen molar-refractivity contribution >= 4 is 17.8 Å². The molecule has 0 aromatic heterocycles. The van der Waals surface area contributed by atoms with E-state index >= 15 is 0 Å². The number of urea groups is 1. The Balaban J connectivity index is 1.90. The third-order valence-corrected chi connectivity index (χ3v) is 5.13. The first-order chi connectivity index (χ1) is 10.9. The lowest BCUT2D eigenvalue weighted by atomic mass is 9.75. The summed E-state index contributed by atoms with van der Waals surface area (Å²) in [4.78, 5) is 37.8. The average molecular weight is 323 g/mol. The highest BCUT2D eigenvalue weighted by atomic mass is 16.2. The zero-order valence-corrected chi connectivity index (χ0v) is 14.5. The third-order valence-electron chi connectivity index (χ3n) is 5.13. The summed E-state index contributed by atoms with van der Waals surface area (Å²) in [6, 6.07) is -0.427. The second-order valence-electron chi connectivity index (χ2n) is 7.29. The van der Waals surface area contributed by atoms with E-state index in [4.69, 9.17) is 0 Å². The van der Waals surface area contributed by atoms with Gasteiger partial charge in [0, 0.05) is 6.54 Å². The van der Waals surface area contributed by atoms with Crippen molar-refractivity contribution in [3.8, 4) is 0 Å². The summed E-state index contributed by atoms with van der Waals surface area (Å²) < 4.78 is 0. The standard InChI is InChI=1S/C17H29N3O3/c1-4-13-5-8-17(9-6-13)15(22)20(16(23)19-17)11-14(21)18-10-7-12(2)3/h12-13H,4-11H2,1-3H3,(H,18,21)(H,19,23). The lowest BCUT2D eigenvalue weighted by molar-refractivity contribution is -0.136. The Bertz CT molecular complexity index is 468. The molecule has 6 heteroatoms. The molecule has 1 saturated heterocycles. The fraction of sp³-hybridized carbons (Fsp3) is 0.824. The number of nitrogens with zero attached hydrogens (tertiary/aromatic N) is 1. The van der Waals surface area contributed by atoms with Crippen LogP contribution in [0.3, 0.4) is 0 Å². The zero-order chi connectivity index (χ0) is 17.0. The molecule has 0 atom stereocenters. The predicted octanol–water partition coefficient (Wildman–Crippen LogP) is 2.04. The first-order valence-corrected chi connectivity index (χ1v) is 8.78. The van der Waals surface area contributed by atoms with Crippen molar-refractivity contribution in [2.75, 3.05) is 13.1 Å². The van der Waals surface area contributed by atoms with Crippen molar-refractivity contribution in [1.29, 1.82) is 0 Å². The van der Waals surface area contributed by atoms with Crippen molar-refractivity contribution in [3.05, 3.63) is 0 Å². The maximum absolute atomic E-state index is 12.7. The molecule has 2 aliphatic rings. The normalized spacial score (nSPS) is 27.7. The number of imide groups is 1. The number of hydrogen-bond acceptors (Lipinski definition) is 3. The van der Waals surface area contributed by atoms with E-state index in [-0.39, 0.29) is 18.4 Å². The van der Waals surface area contributed by atoms with E-state index in [1.807, 2.05) is 0 Å². The summed E-state index contributed by atoms with van der Waals surface area (Å²) in [6.45, 7) is 6.72. The molecule has 1 saturated carbocycles.